The van der Waals surface area contributed by atoms with Crippen molar-refractivity contribution in [1.82, 2.24) is 30.2 Å². The predicted molar refractivity (Wildman–Crippen MR) is 303 cm³/mol. The molecule has 6 heterocycles. The fourth-order valence-corrected chi connectivity index (χ4v) is 8.68. The fraction of sp³-hybridized carbons (Fsp3) is 0.233. The molecule has 18 heteroatoms. The van der Waals surface area contributed by atoms with E-state index in [9.17, 15) is 27.2 Å². The highest BCUT2D eigenvalue weighted by molar-refractivity contribution is 6.30. The first kappa shape index (κ1) is 59.3. The lowest BCUT2D eigenvalue weighted by Gasteiger charge is -2.21. The Labute approximate surface area is 463 Å². The van der Waals surface area contributed by atoms with Gasteiger partial charge in [0.05, 0.1) is 0 Å². The van der Waals surface area contributed by atoms with Crippen molar-refractivity contribution in [2.45, 2.75) is 37.5 Å². The topological polar surface area (TPSA) is 146 Å². The van der Waals surface area contributed by atoms with Gasteiger partial charge < -0.3 is 21.3 Å². The number of urea groups is 2. The summed E-state index contributed by atoms with van der Waals surface area (Å²) < 4.78 is 52.7. The van der Waals surface area contributed by atoms with E-state index in [-0.39, 0.29) is 47.2 Å². The van der Waals surface area contributed by atoms with Crippen molar-refractivity contribution < 1.29 is 27.2 Å². The second kappa shape index (κ2) is 32.6. The van der Waals surface area contributed by atoms with E-state index in [4.69, 9.17) is 28.9 Å². The van der Waals surface area contributed by atoms with Gasteiger partial charge in [-0.15, -0.1) is 11.6 Å². The summed E-state index contributed by atoms with van der Waals surface area (Å²) in [6, 6.07) is 40.4. The molecule has 0 aliphatic carbocycles. The molecule has 2 aliphatic rings. The standard InChI is InChI=1S/C24H23F2N3O.C16H15ClF2.C8H9N3O.C7H11N3.C5H4ClN/c25-20-7-3-18(4-8-20)23(19-5-9-21(26)10-6-19)2-1-15-28-16-17-29(24(28)30)22-11-13-27-14-12-22;17-11-1-2-16(12-3-7-14(18)8-4-12)13-5-9-15(19)10-6-13;12-8-10-5-6-11(8)7-1-3-9-4-2-7;8-3-6-10-7-1-4-9-5-2-7;6-5-1-3-7-4-2-5/h3-14,23H,1-2,15-17H2;3-10,16H,1-2,11H2;1-4H,5-6H2,(H,10,12);1-2,4-5H,3,6,8H2,(H,9,10);1-4H. The van der Waals surface area contributed by atoms with Crippen LogP contribution in [0.2, 0.25) is 5.02 Å². The summed E-state index contributed by atoms with van der Waals surface area (Å²) in [4.78, 5) is 44.8. The average molecular weight is 1100 g/mol. The molecular formula is C60H62Cl2F4N10O2. The highest BCUT2D eigenvalue weighted by Gasteiger charge is 2.29. The number of nitrogens with zero attached hydrogens (tertiary/aromatic N) is 7. The van der Waals surface area contributed by atoms with Crippen molar-refractivity contribution in [3.63, 3.8) is 0 Å². The number of rotatable bonds is 16. The van der Waals surface area contributed by atoms with Crippen LogP contribution in [-0.4, -0.2) is 88.6 Å². The van der Waals surface area contributed by atoms with E-state index in [1.807, 2.05) is 41.3 Å². The second-order valence-electron chi connectivity index (χ2n) is 17.6. The van der Waals surface area contributed by atoms with Gasteiger partial charge in [0.1, 0.15) is 23.3 Å². The number of anilines is 3. The van der Waals surface area contributed by atoms with Gasteiger partial charge in [-0.05, 0) is 145 Å². The summed E-state index contributed by atoms with van der Waals surface area (Å²) in [6.45, 7) is 4.90. The summed E-state index contributed by atoms with van der Waals surface area (Å²) in [6.07, 6.45) is 16.8. The first-order chi connectivity index (χ1) is 38.0. The zero-order valence-electron chi connectivity index (χ0n) is 42.9. The number of hydrogen-bond acceptors (Lipinski definition) is 8. The quantitative estimate of drug-likeness (QED) is 0.0641. The number of nitrogens with one attached hydrogen (secondary N) is 2. The third-order valence-electron chi connectivity index (χ3n) is 12.3. The molecule has 2 aliphatic heterocycles. The number of halogens is 6. The Morgan fingerprint density at radius 3 is 1.29 bits per heavy atom. The highest BCUT2D eigenvalue weighted by Crippen LogP contribution is 2.32. The Hall–Kier alpha value is -7.92. The van der Waals surface area contributed by atoms with E-state index in [1.165, 1.54) is 48.5 Å². The van der Waals surface area contributed by atoms with Gasteiger partial charge in [0, 0.05) is 135 Å². The molecule has 406 valence electrons. The maximum Gasteiger partial charge on any atom is 0.324 e. The van der Waals surface area contributed by atoms with Gasteiger partial charge in [0.15, 0.2) is 0 Å². The number of benzene rings is 4. The molecule has 8 aromatic rings. The third-order valence-corrected chi connectivity index (χ3v) is 12.8. The molecular weight excluding hydrogens is 1040 g/mol. The van der Waals surface area contributed by atoms with Crippen LogP contribution in [-0.2, 0) is 0 Å². The van der Waals surface area contributed by atoms with Gasteiger partial charge in [-0.25, -0.2) is 27.2 Å². The van der Waals surface area contributed by atoms with Crippen LogP contribution < -0.4 is 26.2 Å². The Bertz CT molecular complexity index is 2860. The SMILES string of the molecule is Clc1ccncc1.Fc1ccc(C(CCCCl)c2ccc(F)cc2)cc1.NCCNc1ccncc1.O=C1N(CCCC(c2ccc(F)cc2)c2ccc(F)cc2)CCN1c1ccncc1.O=C1NCCN1c1ccncc1. The minimum Gasteiger partial charge on any atom is -0.384 e. The zero-order chi connectivity index (χ0) is 55.3. The molecule has 2 fully saturated rings. The third kappa shape index (κ3) is 19.6. The lowest BCUT2D eigenvalue weighted by Crippen LogP contribution is -2.32. The first-order valence-electron chi connectivity index (χ1n) is 25.4. The van der Waals surface area contributed by atoms with Crippen LogP contribution in [0.5, 0.6) is 0 Å². The summed E-state index contributed by atoms with van der Waals surface area (Å²) in [5.41, 5.74) is 12.1. The molecule has 0 saturated carbocycles. The molecule has 4 aromatic carbocycles. The second-order valence-corrected chi connectivity index (χ2v) is 18.4. The molecule has 0 bridgehead atoms. The molecule has 0 spiro atoms. The molecule has 4 N–H and O–H groups in total. The van der Waals surface area contributed by atoms with Gasteiger partial charge in [-0.3, -0.25) is 29.7 Å². The molecule has 0 atom stereocenters. The van der Waals surface area contributed by atoms with E-state index in [0.29, 0.717) is 32.1 Å². The van der Waals surface area contributed by atoms with Gasteiger partial charge in [-0.2, -0.15) is 0 Å². The number of hydrogen-bond donors (Lipinski definition) is 3. The molecule has 78 heavy (non-hydrogen) atoms. The summed E-state index contributed by atoms with van der Waals surface area (Å²) in [7, 11) is 0. The minimum atomic E-state index is -0.282. The van der Waals surface area contributed by atoms with Crippen LogP contribution in [0.15, 0.2) is 195 Å². The number of carbonyl (C=O) groups is 2. The highest BCUT2D eigenvalue weighted by atomic mass is 35.5. The number of carbonyl (C=O) groups excluding carboxylic acids is 2. The molecule has 2 saturated heterocycles. The van der Waals surface area contributed by atoms with Crippen LogP contribution in [0.25, 0.3) is 0 Å². The number of pyridine rings is 4. The molecule has 0 unspecified atom stereocenters. The van der Waals surface area contributed by atoms with Crippen LogP contribution in [0.4, 0.5) is 44.2 Å². The average Bonchev–Trinajstić information content (AvgIpc) is 4.09. The smallest absolute Gasteiger partial charge is 0.324 e. The molecule has 10 rings (SSSR count). The number of amides is 4. The van der Waals surface area contributed by atoms with Gasteiger partial charge in [0.25, 0.3) is 0 Å². The maximum atomic E-state index is 13.4. The van der Waals surface area contributed by atoms with E-state index in [2.05, 4.69) is 30.6 Å². The van der Waals surface area contributed by atoms with Crippen LogP contribution in [0.3, 0.4) is 0 Å². The first-order valence-corrected chi connectivity index (χ1v) is 26.3. The summed E-state index contributed by atoms with van der Waals surface area (Å²) in [5, 5.41) is 6.60. The van der Waals surface area contributed by atoms with E-state index in [0.717, 1.165) is 89.7 Å². The van der Waals surface area contributed by atoms with Crippen LogP contribution in [0, 0.1) is 23.3 Å². The van der Waals surface area contributed by atoms with Gasteiger partial charge in [-0.1, -0.05) is 60.1 Å². The van der Waals surface area contributed by atoms with Crippen molar-refractivity contribution >= 4 is 52.3 Å². The van der Waals surface area contributed by atoms with Gasteiger partial charge >= 0.3 is 12.1 Å². The lowest BCUT2D eigenvalue weighted by atomic mass is 9.87. The largest absolute Gasteiger partial charge is 0.384 e. The Morgan fingerprint density at radius 1 is 0.526 bits per heavy atom. The number of aromatic nitrogens is 4. The summed E-state index contributed by atoms with van der Waals surface area (Å²) >= 11 is 11.3. The molecule has 4 amide bonds. The van der Waals surface area contributed by atoms with Crippen LogP contribution >= 0.6 is 23.2 Å². The van der Waals surface area contributed by atoms with Crippen molar-refractivity contribution in [2.24, 2.45) is 5.73 Å². The fourth-order valence-electron chi connectivity index (χ4n) is 8.42. The maximum absolute atomic E-state index is 13.4. The number of nitrogens with two attached hydrogens (primary N) is 1. The monoisotopic (exact) mass is 1100 g/mol. The lowest BCUT2D eigenvalue weighted by molar-refractivity contribution is 0.219. The van der Waals surface area contributed by atoms with E-state index >= 15 is 0 Å². The van der Waals surface area contributed by atoms with E-state index in [1.54, 1.807) is 120 Å². The summed E-state index contributed by atoms with van der Waals surface area (Å²) in [5.74, 6) is -0.345. The van der Waals surface area contributed by atoms with Crippen molar-refractivity contribution in [3.05, 3.63) is 246 Å². The van der Waals surface area contributed by atoms with Crippen molar-refractivity contribution in [2.75, 3.05) is 66.8 Å². The molecule has 12 nitrogen and oxygen atoms in total. The molecule has 0 radical (unpaired) electrons. The van der Waals surface area contributed by atoms with E-state index < -0.39 is 0 Å². The van der Waals surface area contributed by atoms with Crippen molar-refractivity contribution in [1.29, 1.82) is 0 Å². The van der Waals surface area contributed by atoms with Crippen LogP contribution in [0.1, 0.15) is 59.8 Å². The zero-order valence-corrected chi connectivity index (χ0v) is 44.4. The molecule has 4 aromatic heterocycles. The minimum absolute atomic E-state index is 0.00122. The number of alkyl halides is 1. The Morgan fingerprint density at radius 2 is 0.923 bits per heavy atom. The Kier molecular flexibility index (Phi) is 24.8. The normalized spacial score (nSPS) is 12.6. The predicted octanol–water partition coefficient (Wildman–Crippen LogP) is 13.1. The Balaban J connectivity index is 0.000000174. The van der Waals surface area contributed by atoms with Gasteiger partial charge in [0.2, 0.25) is 0 Å². The van der Waals surface area contributed by atoms with Crippen molar-refractivity contribution in [3.8, 4) is 0 Å².